The van der Waals surface area contributed by atoms with E-state index in [0.717, 1.165) is 11.4 Å². The van der Waals surface area contributed by atoms with Crippen LogP contribution in [0.15, 0.2) is 30.3 Å². The number of Topliss-reactive ketones (excluding diaryl/α,β-unsaturated/α-hetero) is 1. The highest BCUT2D eigenvalue weighted by Crippen LogP contribution is 2.21. The van der Waals surface area contributed by atoms with E-state index < -0.39 is 5.97 Å². The van der Waals surface area contributed by atoms with Gasteiger partial charge in [0.2, 0.25) is 5.78 Å². The van der Waals surface area contributed by atoms with Crippen molar-refractivity contribution in [1.29, 1.82) is 0 Å². The third-order valence-corrected chi connectivity index (χ3v) is 4.29. The molecule has 0 amide bonds. The van der Waals surface area contributed by atoms with E-state index in [2.05, 4.69) is 4.57 Å². The van der Waals surface area contributed by atoms with E-state index in [4.69, 9.17) is 14.2 Å². The van der Waals surface area contributed by atoms with Crippen LogP contribution in [0.1, 0.15) is 45.1 Å². The van der Waals surface area contributed by atoms with Crippen LogP contribution in [0.2, 0.25) is 0 Å². The Labute approximate surface area is 153 Å². The Balaban J connectivity index is 2.05. The van der Waals surface area contributed by atoms with Crippen LogP contribution >= 0.6 is 0 Å². The van der Waals surface area contributed by atoms with Gasteiger partial charge < -0.3 is 18.8 Å². The first-order chi connectivity index (χ1) is 12.4. The van der Waals surface area contributed by atoms with Crippen LogP contribution in [0.3, 0.4) is 0 Å². The summed E-state index contributed by atoms with van der Waals surface area (Å²) in [6, 6.07) is 8.48. The molecule has 0 fully saturated rings. The van der Waals surface area contributed by atoms with E-state index in [1.54, 1.807) is 38.5 Å². The highest BCUT2D eigenvalue weighted by atomic mass is 16.5. The summed E-state index contributed by atoms with van der Waals surface area (Å²) >= 11 is 0. The van der Waals surface area contributed by atoms with Crippen LogP contribution in [-0.2, 0) is 9.47 Å². The van der Waals surface area contributed by atoms with Gasteiger partial charge >= 0.3 is 5.97 Å². The molecular weight excluding hydrogens is 334 g/mol. The van der Waals surface area contributed by atoms with E-state index in [1.165, 1.54) is 0 Å². The number of aromatic nitrogens is 1. The molecule has 0 unspecified atom stereocenters. The van der Waals surface area contributed by atoms with Gasteiger partial charge in [-0.25, -0.2) is 4.79 Å². The van der Waals surface area contributed by atoms with Crippen molar-refractivity contribution in [2.75, 3.05) is 27.4 Å². The average Bonchev–Trinajstić information content (AvgIpc) is 2.94. The minimum absolute atomic E-state index is 0.114. The molecule has 0 aliphatic carbocycles. The number of rotatable bonds is 8. The average molecular weight is 359 g/mol. The molecule has 140 valence electrons. The van der Waals surface area contributed by atoms with Gasteiger partial charge in [-0.1, -0.05) is 0 Å². The molecule has 0 bridgehead atoms. The van der Waals surface area contributed by atoms with E-state index in [0.29, 0.717) is 23.5 Å². The Morgan fingerprint density at radius 1 is 1.12 bits per heavy atom. The highest BCUT2D eigenvalue weighted by molar-refractivity contribution is 6.00. The number of carbonyl (C=O) groups is 2. The summed E-state index contributed by atoms with van der Waals surface area (Å²) in [5, 5.41) is 0. The number of ketones is 1. The zero-order valence-electron chi connectivity index (χ0n) is 15.9. The van der Waals surface area contributed by atoms with Crippen molar-refractivity contribution in [2.24, 2.45) is 0 Å². The molecule has 0 spiro atoms. The minimum Gasteiger partial charge on any atom is -0.497 e. The fourth-order valence-electron chi connectivity index (χ4n) is 3.07. The number of ether oxygens (including phenoxy) is 3. The Hall–Kier alpha value is -2.60. The van der Waals surface area contributed by atoms with E-state index in [9.17, 15) is 9.59 Å². The number of nitrogens with zero attached hydrogens (tertiary/aromatic N) is 1. The predicted octanol–water partition coefficient (Wildman–Crippen LogP) is 3.36. The minimum atomic E-state index is -0.539. The van der Waals surface area contributed by atoms with Crippen molar-refractivity contribution < 1.29 is 23.8 Å². The molecule has 1 aromatic carbocycles. The van der Waals surface area contributed by atoms with E-state index >= 15 is 0 Å². The quantitative estimate of drug-likeness (QED) is 0.534. The monoisotopic (exact) mass is 359 g/mol. The lowest BCUT2D eigenvalue weighted by Gasteiger charge is -2.17. The van der Waals surface area contributed by atoms with Crippen molar-refractivity contribution in [2.45, 2.75) is 26.8 Å². The lowest BCUT2D eigenvalue weighted by Crippen LogP contribution is -2.17. The molecule has 6 nitrogen and oxygen atoms in total. The fraction of sp³-hybridized carbons (Fsp3) is 0.400. The highest BCUT2D eigenvalue weighted by Gasteiger charge is 2.20. The second kappa shape index (κ2) is 8.67. The molecule has 2 aromatic rings. The summed E-state index contributed by atoms with van der Waals surface area (Å²) in [5.74, 6) is -0.117. The predicted molar refractivity (Wildman–Crippen MR) is 98.1 cm³/mol. The summed E-state index contributed by atoms with van der Waals surface area (Å²) in [4.78, 5) is 24.6. The van der Waals surface area contributed by atoms with Gasteiger partial charge in [0, 0.05) is 24.1 Å². The maximum absolute atomic E-state index is 12.5. The first kappa shape index (κ1) is 19.7. The van der Waals surface area contributed by atoms with Crippen LogP contribution in [0.25, 0.3) is 0 Å². The topological polar surface area (TPSA) is 66.8 Å². The SMILES string of the molecule is COC[C@H](C)n1c(C)cc(C(=O)COC(=O)c2ccc(OC)cc2)c1C. The van der Waals surface area contributed by atoms with Crippen molar-refractivity contribution in [1.82, 2.24) is 4.57 Å². The normalized spacial score (nSPS) is 11.9. The van der Waals surface area contributed by atoms with Crippen LogP contribution in [-0.4, -0.2) is 43.8 Å². The number of aryl methyl sites for hydroxylation is 1. The maximum atomic E-state index is 12.5. The van der Waals surface area contributed by atoms with Crippen molar-refractivity contribution in [3.63, 3.8) is 0 Å². The summed E-state index contributed by atoms with van der Waals surface area (Å²) < 4.78 is 17.5. The van der Waals surface area contributed by atoms with Crippen molar-refractivity contribution in [3.8, 4) is 5.75 Å². The number of esters is 1. The molecule has 0 N–H and O–H groups in total. The smallest absolute Gasteiger partial charge is 0.338 e. The molecular formula is C20H25NO5. The molecule has 1 aromatic heterocycles. The standard InChI is InChI=1S/C20H25NO5/c1-13-10-18(15(3)21(13)14(2)11-24-4)19(22)12-26-20(23)16-6-8-17(25-5)9-7-16/h6-10,14H,11-12H2,1-5H3/t14-/m0/s1. The second-order valence-electron chi connectivity index (χ2n) is 6.19. The summed E-state index contributed by atoms with van der Waals surface area (Å²) in [6.45, 7) is 6.11. The first-order valence-corrected chi connectivity index (χ1v) is 8.40. The molecule has 1 heterocycles. The van der Waals surface area contributed by atoms with Gasteiger partial charge in [-0.05, 0) is 51.1 Å². The van der Waals surface area contributed by atoms with Crippen LogP contribution in [0, 0.1) is 13.8 Å². The van der Waals surface area contributed by atoms with Gasteiger partial charge in [0.15, 0.2) is 6.61 Å². The molecule has 0 saturated heterocycles. The van der Waals surface area contributed by atoms with Gasteiger partial charge in [0.05, 0.1) is 25.3 Å². The number of hydrogen-bond acceptors (Lipinski definition) is 5. The lowest BCUT2D eigenvalue weighted by atomic mass is 10.1. The molecule has 1 atom stereocenters. The van der Waals surface area contributed by atoms with Gasteiger partial charge in [0.25, 0.3) is 0 Å². The van der Waals surface area contributed by atoms with Crippen LogP contribution < -0.4 is 4.74 Å². The van der Waals surface area contributed by atoms with Gasteiger partial charge in [0.1, 0.15) is 5.75 Å². The first-order valence-electron chi connectivity index (χ1n) is 8.40. The van der Waals surface area contributed by atoms with Gasteiger partial charge in [-0.15, -0.1) is 0 Å². The third kappa shape index (κ3) is 4.32. The van der Waals surface area contributed by atoms with E-state index in [-0.39, 0.29) is 18.4 Å². The molecule has 0 aliphatic rings. The van der Waals surface area contributed by atoms with Gasteiger partial charge in [-0.3, -0.25) is 4.79 Å². The number of benzene rings is 1. The summed E-state index contributed by atoms with van der Waals surface area (Å²) in [6.07, 6.45) is 0. The number of methoxy groups -OCH3 is 2. The Morgan fingerprint density at radius 3 is 2.35 bits per heavy atom. The Kier molecular flexibility index (Phi) is 6.58. The number of carbonyl (C=O) groups excluding carboxylic acids is 2. The Bertz CT molecular complexity index is 776. The number of hydrogen-bond donors (Lipinski definition) is 0. The van der Waals surface area contributed by atoms with Gasteiger partial charge in [-0.2, -0.15) is 0 Å². The fourth-order valence-corrected chi connectivity index (χ4v) is 3.07. The second-order valence-corrected chi connectivity index (χ2v) is 6.19. The summed E-state index contributed by atoms with van der Waals surface area (Å²) in [7, 11) is 3.20. The zero-order valence-corrected chi connectivity index (χ0v) is 15.9. The van der Waals surface area contributed by atoms with Crippen molar-refractivity contribution in [3.05, 3.63) is 52.8 Å². The molecule has 6 heteroatoms. The molecule has 0 aliphatic heterocycles. The van der Waals surface area contributed by atoms with Crippen molar-refractivity contribution >= 4 is 11.8 Å². The van der Waals surface area contributed by atoms with E-state index in [1.807, 2.05) is 26.8 Å². The summed E-state index contributed by atoms with van der Waals surface area (Å²) in [5.41, 5.74) is 2.75. The molecule has 0 saturated carbocycles. The van der Waals surface area contributed by atoms with Crippen LogP contribution in [0.5, 0.6) is 5.75 Å². The molecule has 26 heavy (non-hydrogen) atoms. The lowest BCUT2D eigenvalue weighted by molar-refractivity contribution is 0.0474. The maximum Gasteiger partial charge on any atom is 0.338 e. The molecule has 2 rings (SSSR count). The third-order valence-electron chi connectivity index (χ3n) is 4.29. The van der Waals surface area contributed by atoms with Crippen LogP contribution in [0.4, 0.5) is 0 Å². The largest absolute Gasteiger partial charge is 0.497 e. The Morgan fingerprint density at radius 2 is 1.77 bits per heavy atom. The molecule has 0 radical (unpaired) electrons. The zero-order chi connectivity index (χ0) is 19.3.